The van der Waals surface area contributed by atoms with Crippen LogP contribution < -0.4 is 10.6 Å². The van der Waals surface area contributed by atoms with Gasteiger partial charge in [0.1, 0.15) is 0 Å². The number of rotatable bonds is 5. The van der Waals surface area contributed by atoms with Crippen molar-refractivity contribution in [1.29, 1.82) is 0 Å². The van der Waals surface area contributed by atoms with Crippen LogP contribution in [0.1, 0.15) is 44.9 Å². The number of nitrogens with zero attached hydrogens (tertiary/aromatic N) is 1. The largest absolute Gasteiger partial charge is 0.481 e. The lowest BCUT2D eigenvalue weighted by Crippen LogP contribution is -2.52. The van der Waals surface area contributed by atoms with Gasteiger partial charge in [0, 0.05) is 24.7 Å². The highest BCUT2D eigenvalue weighted by Crippen LogP contribution is 2.34. The number of urea groups is 1. The molecule has 1 aliphatic carbocycles. The van der Waals surface area contributed by atoms with Crippen molar-refractivity contribution in [1.82, 2.24) is 15.5 Å². The van der Waals surface area contributed by atoms with Gasteiger partial charge in [-0.3, -0.25) is 4.79 Å². The summed E-state index contributed by atoms with van der Waals surface area (Å²) >= 11 is 0. The van der Waals surface area contributed by atoms with Gasteiger partial charge in [-0.25, -0.2) is 4.79 Å². The number of hydrogen-bond acceptors (Lipinski definition) is 3. The summed E-state index contributed by atoms with van der Waals surface area (Å²) in [5.74, 6) is -0.491. The van der Waals surface area contributed by atoms with Crippen molar-refractivity contribution in [3.63, 3.8) is 0 Å². The third-order valence-corrected chi connectivity index (χ3v) is 5.06. The molecule has 2 heterocycles. The van der Waals surface area contributed by atoms with Crippen LogP contribution in [-0.4, -0.2) is 53.2 Å². The first-order valence-electron chi connectivity index (χ1n) is 8.14. The molecule has 2 saturated heterocycles. The lowest BCUT2D eigenvalue weighted by Gasteiger charge is -2.35. The van der Waals surface area contributed by atoms with Crippen LogP contribution >= 0.6 is 0 Å². The number of amides is 2. The molecule has 3 fully saturated rings. The van der Waals surface area contributed by atoms with Gasteiger partial charge in [-0.05, 0) is 51.0 Å². The number of nitrogens with one attached hydrogen (secondary N) is 2. The fourth-order valence-corrected chi connectivity index (χ4v) is 3.77. The van der Waals surface area contributed by atoms with E-state index in [1.54, 1.807) is 0 Å². The Labute approximate surface area is 125 Å². The maximum atomic E-state index is 12.1. The van der Waals surface area contributed by atoms with Crippen molar-refractivity contribution in [2.45, 2.75) is 63.1 Å². The SMILES string of the molecule is O=C(O)CC(NC(=O)NC1CCN2CCCC2C1)C1CC1. The molecule has 3 N–H and O–H groups in total. The summed E-state index contributed by atoms with van der Waals surface area (Å²) in [4.78, 5) is 25.5. The van der Waals surface area contributed by atoms with Crippen molar-refractivity contribution in [2.24, 2.45) is 5.92 Å². The van der Waals surface area contributed by atoms with Crippen LogP contribution in [0.15, 0.2) is 0 Å². The third kappa shape index (κ3) is 3.87. The number of carbonyl (C=O) groups is 2. The highest BCUT2D eigenvalue weighted by atomic mass is 16.4. The van der Waals surface area contributed by atoms with Crippen molar-refractivity contribution < 1.29 is 14.7 Å². The first-order chi connectivity index (χ1) is 10.1. The maximum absolute atomic E-state index is 12.1. The second-order valence-electron chi connectivity index (χ2n) is 6.71. The van der Waals surface area contributed by atoms with Crippen molar-refractivity contribution >= 4 is 12.0 Å². The molecule has 3 aliphatic rings. The second kappa shape index (κ2) is 6.22. The molecule has 3 rings (SSSR count). The van der Waals surface area contributed by atoms with E-state index in [1.807, 2.05) is 0 Å². The van der Waals surface area contributed by atoms with Gasteiger partial charge in [-0.1, -0.05) is 0 Å². The number of aliphatic carboxylic acids is 1. The third-order valence-electron chi connectivity index (χ3n) is 5.06. The zero-order valence-corrected chi connectivity index (χ0v) is 12.4. The Balaban J connectivity index is 1.45. The summed E-state index contributed by atoms with van der Waals surface area (Å²) in [5.41, 5.74) is 0. The van der Waals surface area contributed by atoms with Crippen LogP contribution in [0, 0.1) is 5.92 Å². The molecular formula is C15H25N3O3. The Morgan fingerprint density at radius 2 is 2.00 bits per heavy atom. The maximum Gasteiger partial charge on any atom is 0.315 e. The fraction of sp³-hybridized carbons (Fsp3) is 0.867. The topological polar surface area (TPSA) is 81.7 Å². The molecule has 3 unspecified atom stereocenters. The summed E-state index contributed by atoms with van der Waals surface area (Å²) in [6.07, 6.45) is 6.61. The van der Waals surface area contributed by atoms with E-state index < -0.39 is 5.97 Å². The Bertz CT molecular complexity index is 411. The molecule has 0 radical (unpaired) electrons. The number of fused-ring (bicyclic) bond motifs is 1. The van der Waals surface area contributed by atoms with Crippen LogP contribution in [0.5, 0.6) is 0 Å². The normalized spacial score (nSPS) is 30.5. The van der Waals surface area contributed by atoms with E-state index in [0.717, 1.165) is 32.2 Å². The average Bonchev–Trinajstić information content (AvgIpc) is 3.16. The molecule has 6 nitrogen and oxygen atoms in total. The van der Waals surface area contributed by atoms with Gasteiger partial charge in [-0.2, -0.15) is 0 Å². The van der Waals surface area contributed by atoms with E-state index >= 15 is 0 Å². The Kier molecular flexibility index (Phi) is 4.33. The van der Waals surface area contributed by atoms with Crippen LogP contribution in [0.3, 0.4) is 0 Å². The number of carboxylic acids is 1. The van der Waals surface area contributed by atoms with E-state index in [4.69, 9.17) is 5.11 Å². The lowest BCUT2D eigenvalue weighted by atomic mass is 9.98. The predicted molar refractivity (Wildman–Crippen MR) is 78.0 cm³/mol. The summed E-state index contributed by atoms with van der Waals surface area (Å²) in [5, 5.41) is 14.8. The molecule has 1 saturated carbocycles. The highest BCUT2D eigenvalue weighted by molar-refractivity contribution is 5.76. The minimum absolute atomic E-state index is 0.0269. The molecule has 2 amide bonds. The molecule has 118 valence electrons. The molecule has 2 aliphatic heterocycles. The molecule has 0 bridgehead atoms. The summed E-state index contributed by atoms with van der Waals surface area (Å²) in [7, 11) is 0. The number of carboxylic acid groups (broad SMARTS) is 1. The summed E-state index contributed by atoms with van der Waals surface area (Å²) < 4.78 is 0. The minimum atomic E-state index is -0.841. The Hall–Kier alpha value is -1.30. The van der Waals surface area contributed by atoms with E-state index in [-0.39, 0.29) is 24.5 Å². The fourth-order valence-electron chi connectivity index (χ4n) is 3.77. The molecule has 21 heavy (non-hydrogen) atoms. The summed E-state index contributed by atoms with van der Waals surface area (Å²) in [6, 6.07) is 0.454. The van der Waals surface area contributed by atoms with E-state index in [9.17, 15) is 9.59 Å². The van der Waals surface area contributed by atoms with E-state index in [0.29, 0.717) is 12.0 Å². The zero-order valence-electron chi connectivity index (χ0n) is 12.4. The van der Waals surface area contributed by atoms with Gasteiger partial charge < -0.3 is 20.6 Å². The average molecular weight is 295 g/mol. The van der Waals surface area contributed by atoms with Gasteiger partial charge in [0.25, 0.3) is 0 Å². The monoisotopic (exact) mass is 295 g/mol. The second-order valence-corrected chi connectivity index (χ2v) is 6.71. The van der Waals surface area contributed by atoms with Gasteiger partial charge in [0.05, 0.1) is 6.42 Å². The first-order valence-corrected chi connectivity index (χ1v) is 8.14. The number of piperidine rings is 1. The lowest BCUT2D eigenvalue weighted by molar-refractivity contribution is -0.137. The molecular weight excluding hydrogens is 270 g/mol. The van der Waals surface area contributed by atoms with Crippen molar-refractivity contribution in [3.8, 4) is 0 Å². The van der Waals surface area contributed by atoms with Crippen molar-refractivity contribution in [2.75, 3.05) is 13.1 Å². The molecule has 0 aromatic rings. The van der Waals surface area contributed by atoms with Crippen LogP contribution in [0.2, 0.25) is 0 Å². The molecule has 0 aromatic heterocycles. The van der Waals surface area contributed by atoms with Crippen LogP contribution in [0.25, 0.3) is 0 Å². The Morgan fingerprint density at radius 3 is 2.71 bits per heavy atom. The van der Waals surface area contributed by atoms with E-state index in [1.165, 1.54) is 19.4 Å². The number of hydrogen-bond donors (Lipinski definition) is 3. The van der Waals surface area contributed by atoms with E-state index in [2.05, 4.69) is 15.5 Å². The smallest absolute Gasteiger partial charge is 0.315 e. The minimum Gasteiger partial charge on any atom is -0.481 e. The first kappa shape index (κ1) is 14.6. The van der Waals surface area contributed by atoms with Crippen LogP contribution in [0.4, 0.5) is 4.79 Å². The van der Waals surface area contributed by atoms with Crippen LogP contribution in [-0.2, 0) is 4.79 Å². The molecule has 3 atom stereocenters. The molecule has 0 aromatic carbocycles. The Morgan fingerprint density at radius 1 is 1.19 bits per heavy atom. The van der Waals surface area contributed by atoms with Gasteiger partial charge in [0.2, 0.25) is 0 Å². The standard InChI is InChI=1S/C15H25N3O3/c19-14(20)9-13(10-3-4-10)17-15(21)16-11-5-7-18-6-1-2-12(18)8-11/h10-13H,1-9H2,(H,19,20)(H2,16,17,21). The highest BCUT2D eigenvalue weighted by Gasteiger charge is 2.35. The van der Waals surface area contributed by atoms with Gasteiger partial charge in [-0.15, -0.1) is 0 Å². The predicted octanol–water partition coefficient (Wildman–Crippen LogP) is 1.17. The quantitative estimate of drug-likeness (QED) is 0.711. The van der Waals surface area contributed by atoms with Crippen molar-refractivity contribution in [3.05, 3.63) is 0 Å². The number of carbonyl (C=O) groups excluding carboxylic acids is 1. The molecule has 6 heteroatoms. The summed E-state index contributed by atoms with van der Waals surface area (Å²) in [6.45, 7) is 2.27. The molecule has 0 spiro atoms. The zero-order chi connectivity index (χ0) is 14.8. The van der Waals surface area contributed by atoms with Gasteiger partial charge >= 0.3 is 12.0 Å². The van der Waals surface area contributed by atoms with Gasteiger partial charge in [0.15, 0.2) is 0 Å².